The van der Waals surface area contributed by atoms with Crippen LogP contribution in [0.2, 0.25) is 5.02 Å². The summed E-state index contributed by atoms with van der Waals surface area (Å²) in [5.41, 5.74) is 3.21. The molecule has 0 aliphatic carbocycles. The Morgan fingerprint density at radius 3 is 2.53 bits per heavy atom. The molecule has 2 aromatic rings. The third-order valence-corrected chi connectivity index (χ3v) is 3.31. The molecule has 0 aromatic heterocycles. The fraction of sp³-hybridized carbons (Fsp3) is 0.143. The van der Waals surface area contributed by atoms with Gasteiger partial charge in [0.1, 0.15) is 6.23 Å². The molecule has 0 spiro atoms. The van der Waals surface area contributed by atoms with E-state index in [9.17, 15) is 5.11 Å². The first-order valence-electron chi connectivity index (χ1n) is 5.56. The van der Waals surface area contributed by atoms with Gasteiger partial charge in [0, 0.05) is 22.8 Å². The maximum Gasteiger partial charge on any atom is 0.135 e. The zero-order valence-electron chi connectivity index (χ0n) is 9.18. The van der Waals surface area contributed by atoms with E-state index < -0.39 is 6.23 Å². The standard InChI is InChI=1S/C14H12ClNO/c15-11-5-7-12(8-6-11)16-13-4-2-1-3-10(13)9-14(16)17/h1-8,14,17H,9H2. The summed E-state index contributed by atoms with van der Waals surface area (Å²) < 4.78 is 0. The Morgan fingerprint density at radius 2 is 1.76 bits per heavy atom. The first-order chi connectivity index (χ1) is 8.25. The van der Waals surface area contributed by atoms with Crippen molar-refractivity contribution in [1.82, 2.24) is 0 Å². The number of para-hydroxylation sites is 1. The molecule has 2 nitrogen and oxygen atoms in total. The van der Waals surface area contributed by atoms with Crippen molar-refractivity contribution < 1.29 is 5.11 Å². The zero-order chi connectivity index (χ0) is 11.8. The van der Waals surface area contributed by atoms with Crippen LogP contribution < -0.4 is 4.90 Å². The summed E-state index contributed by atoms with van der Waals surface area (Å²) >= 11 is 5.87. The second kappa shape index (κ2) is 4.06. The number of benzene rings is 2. The van der Waals surface area contributed by atoms with Gasteiger partial charge in [-0.2, -0.15) is 0 Å². The van der Waals surface area contributed by atoms with Gasteiger partial charge in [-0.05, 0) is 35.9 Å². The van der Waals surface area contributed by atoms with Gasteiger partial charge >= 0.3 is 0 Å². The summed E-state index contributed by atoms with van der Waals surface area (Å²) in [6, 6.07) is 15.6. The number of halogens is 1. The molecule has 1 aliphatic rings. The fourth-order valence-electron chi connectivity index (χ4n) is 2.28. The van der Waals surface area contributed by atoms with Gasteiger partial charge in [-0.1, -0.05) is 29.8 Å². The monoisotopic (exact) mass is 245 g/mol. The molecule has 1 heterocycles. The van der Waals surface area contributed by atoms with Gasteiger partial charge in [-0.25, -0.2) is 0 Å². The van der Waals surface area contributed by atoms with Crippen molar-refractivity contribution in [3.05, 3.63) is 59.1 Å². The Hall–Kier alpha value is -1.51. The molecule has 1 atom stereocenters. The van der Waals surface area contributed by atoms with Crippen molar-refractivity contribution in [3.63, 3.8) is 0 Å². The number of aliphatic hydroxyl groups is 1. The quantitative estimate of drug-likeness (QED) is 0.833. The number of aliphatic hydroxyl groups excluding tert-OH is 1. The molecule has 3 rings (SSSR count). The van der Waals surface area contributed by atoms with Crippen LogP contribution in [0.4, 0.5) is 11.4 Å². The van der Waals surface area contributed by atoms with E-state index in [2.05, 4.69) is 6.07 Å². The van der Waals surface area contributed by atoms with Crippen LogP contribution in [0.5, 0.6) is 0 Å². The number of hydrogen-bond donors (Lipinski definition) is 1. The number of rotatable bonds is 1. The molecule has 1 aliphatic heterocycles. The third kappa shape index (κ3) is 1.79. The van der Waals surface area contributed by atoms with Crippen LogP contribution in [-0.4, -0.2) is 11.3 Å². The van der Waals surface area contributed by atoms with Crippen molar-refractivity contribution in [2.24, 2.45) is 0 Å². The van der Waals surface area contributed by atoms with Gasteiger partial charge < -0.3 is 10.0 Å². The van der Waals surface area contributed by atoms with Gasteiger partial charge in [0.2, 0.25) is 0 Å². The Morgan fingerprint density at radius 1 is 1.06 bits per heavy atom. The van der Waals surface area contributed by atoms with Crippen LogP contribution in [0.15, 0.2) is 48.5 Å². The van der Waals surface area contributed by atoms with Crippen molar-refractivity contribution in [2.45, 2.75) is 12.6 Å². The number of anilines is 2. The van der Waals surface area contributed by atoms with Gasteiger partial charge in [0.05, 0.1) is 0 Å². The van der Waals surface area contributed by atoms with E-state index in [4.69, 9.17) is 11.6 Å². The molecule has 0 saturated heterocycles. The van der Waals surface area contributed by atoms with E-state index in [-0.39, 0.29) is 0 Å². The van der Waals surface area contributed by atoms with Crippen LogP contribution in [0.1, 0.15) is 5.56 Å². The lowest BCUT2D eigenvalue weighted by molar-refractivity contribution is 0.191. The summed E-state index contributed by atoms with van der Waals surface area (Å²) in [7, 11) is 0. The predicted octanol–water partition coefficient (Wildman–Crippen LogP) is 3.35. The summed E-state index contributed by atoms with van der Waals surface area (Å²) in [6.07, 6.45) is 0.173. The fourth-order valence-corrected chi connectivity index (χ4v) is 2.41. The van der Waals surface area contributed by atoms with Crippen LogP contribution in [0.25, 0.3) is 0 Å². The van der Waals surface area contributed by atoms with E-state index in [1.54, 1.807) is 0 Å². The molecule has 0 saturated carbocycles. The highest BCUT2D eigenvalue weighted by atomic mass is 35.5. The minimum atomic E-state index is -0.492. The molecule has 2 aromatic carbocycles. The second-order valence-electron chi connectivity index (χ2n) is 4.16. The number of nitrogens with zero attached hydrogens (tertiary/aromatic N) is 1. The van der Waals surface area contributed by atoms with Crippen molar-refractivity contribution in [2.75, 3.05) is 4.90 Å². The lowest BCUT2D eigenvalue weighted by atomic mass is 10.2. The molecule has 0 amide bonds. The lowest BCUT2D eigenvalue weighted by Gasteiger charge is -2.23. The lowest BCUT2D eigenvalue weighted by Crippen LogP contribution is -2.26. The van der Waals surface area contributed by atoms with Crippen LogP contribution in [0.3, 0.4) is 0 Å². The summed E-state index contributed by atoms with van der Waals surface area (Å²) in [6.45, 7) is 0. The van der Waals surface area contributed by atoms with Gasteiger partial charge in [0.15, 0.2) is 0 Å². The van der Waals surface area contributed by atoms with Crippen molar-refractivity contribution >= 4 is 23.0 Å². The average Bonchev–Trinajstić information content (AvgIpc) is 2.66. The molecule has 17 heavy (non-hydrogen) atoms. The second-order valence-corrected chi connectivity index (χ2v) is 4.60. The molecule has 0 fully saturated rings. The Balaban J connectivity index is 2.06. The largest absolute Gasteiger partial charge is 0.373 e. The minimum absolute atomic E-state index is 0.492. The molecule has 1 unspecified atom stereocenters. The van der Waals surface area contributed by atoms with Crippen LogP contribution in [-0.2, 0) is 6.42 Å². The van der Waals surface area contributed by atoms with Gasteiger partial charge in [0.25, 0.3) is 0 Å². The number of hydrogen-bond acceptors (Lipinski definition) is 2. The molecule has 1 N–H and O–H groups in total. The highest BCUT2D eigenvalue weighted by Crippen LogP contribution is 2.37. The molecule has 0 bridgehead atoms. The highest BCUT2D eigenvalue weighted by Gasteiger charge is 2.27. The van der Waals surface area contributed by atoms with E-state index in [1.807, 2.05) is 47.4 Å². The molecular weight excluding hydrogens is 234 g/mol. The summed E-state index contributed by atoms with van der Waals surface area (Å²) in [5, 5.41) is 10.8. The maximum absolute atomic E-state index is 10.1. The average molecular weight is 246 g/mol. The Labute approximate surface area is 105 Å². The first-order valence-corrected chi connectivity index (χ1v) is 5.94. The molecule has 3 heteroatoms. The first kappa shape index (κ1) is 10.6. The molecule has 86 valence electrons. The SMILES string of the molecule is OC1Cc2ccccc2N1c1ccc(Cl)cc1. The minimum Gasteiger partial charge on any atom is -0.373 e. The van der Waals surface area contributed by atoms with E-state index >= 15 is 0 Å². The summed E-state index contributed by atoms with van der Waals surface area (Å²) in [5.74, 6) is 0. The number of fused-ring (bicyclic) bond motifs is 1. The smallest absolute Gasteiger partial charge is 0.135 e. The maximum atomic E-state index is 10.1. The van der Waals surface area contributed by atoms with Crippen LogP contribution >= 0.6 is 11.6 Å². The van der Waals surface area contributed by atoms with Gasteiger partial charge in [-0.3, -0.25) is 0 Å². The summed E-state index contributed by atoms with van der Waals surface area (Å²) in [4.78, 5) is 1.94. The molecule has 0 radical (unpaired) electrons. The van der Waals surface area contributed by atoms with Crippen LogP contribution in [0, 0.1) is 0 Å². The normalized spacial score (nSPS) is 18.2. The van der Waals surface area contributed by atoms with Gasteiger partial charge in [-0.15, -0.1) is 0 Å². The highest BCUT2D eigenvalue weighted by molar-refractivity contribution is 6.30. The van der Waals surface area contributed by atoms with E-state index in [0.717, 1.165) is 11.4 Å². The Kier molecular flexibility index (Phi) is 2.54. The van der Waals surface area contributed by atoms with E-state index in [1.165, 1.54) is 5.56 Å². The predicted molar refractivity (Wildman–Crippen MR) is 69.7 cm³/mol. The topological polar surface area (TPSA) is 23.5 Å². The Bertz CT molecular complexity index is 538. The molecular formula is C14H12ClNO. The van der Waals surface area contributed by atoms with Crippen molar-refractivity contribution in [3.8, 4) is 0 Å². The van der Waals surface area contributed by atoms with E-state index in [0.29, 0.717) is 11.4 Å². The zero-order valence-corrected chi connectivity index (χ0v) is 9.93. The third-order valence-electron chi connectivity index (χ3n) is 3.06. The van der Waals surface area contributed by atoms with Crippen molar-refractivity contribution in [1.29, 1.82) is 0 Å².